The molecule has 2 heteroatoms. The maximum atomic E-state index is 12.8. The number of fused-ring (bicyclic) bond motifs is 1. The van der Waals surface area contributed by atoms with Crippen LogP contribution < -0.4 is 5.32 Å². The molecule has 0 aromatic heterocycles. The highest BCUT2D eigenvalue weighted by atomic mass is 19.1. The molecular weight excluding hydrogens is 177 g/mol. The Morgan fingerprint density at radius 2 is 2.07 bits per heavy atom. The molecule has 1 saturated heterocycles. The molecule has 1 saturated carbocycles. The summed E-state index contributed by atoms with van der Waals surface area (Å²) in [5, 5.41) is 3.41. The molecule has 74 valence electrons. The molecule has 1 aliphatic carbocycles. The zero-order valence-corrected chi connectivity index (χ0v) is 8.09. The van der Waals surface area contributed by atoms with Gasteiger partial charge in [0.15, 0.2) is 0 Å². The maximum absolute atomic E-state index is 12.8. The number of hydrogen-bond acceptors (Lipinski definition) is 1. The zero-order chi connectivity index (χ0) is 9.60. The topological polar surface area (TPSA) is 12.0 Å². The first-order chi connectivity index (χ1) is 6.81. The highest BCUT2D eigenvalue weighted by Gasteiger charge is 2.55. The molecule has 2 unspecified atom stereocenters. The van der Waals surface area contributed by atoms with E-state index in [0.29, 0.717) is 5.41 Å². The summed E-state index contributed by atoms with van der Waals surface area (Å²) in [6.45, 7) is 2.24. The predicted octanol–water partition coefficient (Wildman–Crippen LogP) is 2.08. The minimum Gasteiger partial charge on any atom is -0.316 e. The highest BCUT2D eigenvalue weighted by molar-refractivity contribution is 5.35. The zero-order valence-electron chi connectivity index (χ0n) is 8.09. The van der Waals surface area contributed by atoms with Crippen molar-refractivity contribution in [3.8, 4) is 0 Å². The van der Waals surface area contributed by atoms with E-state index in [1.165, 1.54) is 18.4 Å². The Kier molecular flexibility index (Phi) is 1.68. The number of rotatable bonds is 1. The minimum atomic E-state index is -0.128. The monoisotopic (exact) mass is 191 g/mol. The van der Waals surface area contributed by atoms with Crippen LogP contribution in [0.15, 0.2) is 24.3 Å². The van der Waals surface area contributed by atoms with E-state index in [-0.39, 0.29) is 5.82 Å². The summed E-state index contributed by atoms with van der Waals surface area (Å²) in [7, 11) is 0. The summed E-state index contributed by atoms with van der Waals surface area (Å²) in [6.07, 6.45) is 2.49. The average Bonchev–Trinajstić information content (AvgIpc) is 2.94. The van der Waals surface area contributed by atoms with E-state index in [4.69, 9.17) is 0 Å². The van der Waals surface area contributed by atoms with Crippen molar-refractivity contribution >= 4 is 0 Å². The van der Waals surface area contributed by atoms with E-state index >= 15 is 0 Å². The van der Waals surface area contributed by atoms with Crippen molar-refractivity contribution < 1.29 is 4.39 Å². The molecule has 1 nitrogen and oxygen atoms in total. The van der Waals surface area contributed by atoms with Gasteiger partial charge in [0, 0.05) is 5.41 Å². The van der Waals surface area contributed by atoms with Gasteiger partial charge in [0.05, 0.1) is 0 Å². The third-order valence-corrected chi connectivity index (χ3v) is 3.79. The van der Waals surface area contributed by atoms with Gasteiger partial charge in [-0.15, -0.1) is 0 Å². The van der Waals surface area contributed by atoms with Gasteiger partial charge in [0.1, 0.15) is 5.82 Å². The van der Waals surface area contributed by atoms with Crippen molar-refractivity contribution in [1.29, 1.82) is 0 Å². The van der Waals surface area contributed by atoms with Crippen molar-refractivity contribution in [1.82, 2.24) is 5.32 Å². The molecule has 14 heavy (non-hydrogen) atoms. The summed E-state index contributed by atoms with van der Waals surface area (Å²) in [5.74, 6) is 0.665. The van der Waals surface area contributed by atoms with Crippen molar-refractivity contribution in [3.63, 3.8) is 0 Å². The summed E-state index contributed by atoms with van der Waals surface area (Å²) in [4.78, 5) is 0. The van der Waals surface area contributed by atoms with Gasteiger partial charge in [-0.25, -0.2) is 4.39 Å². The van der Waals surface area contributed by atoms with Crippen molar-refractivity contribution in [2.75, 3.05) is 13.1 Å². The van der Waals surface area contributed by atoms with Gasteiger partial charge in [-0.3, -0.25) is 0 Å². The Morgan fingerprint density at radius 1 is 1.29 bits per heavy atom. The molecule has 2 aliphatic rings. The second kappa shape index (κ2) is 2.80. The lowest BCUT2D eigenvalue weighted by atomic mass is 9.88. The predicted molar refractivity (Wildman–Crippen MR) is 53.7 cm³/mol. The Bertz CT molecular complexity index is 346. The SMILES string of the molecule is Fc1ccc(C23CCNCC2C3)cc1. The summed E-state index contributed by atoms with van der Waals surface area (Å²) < 4.78 is 12.8. The van der Waals surface area contributed by atoms with Crippen molar-refractivity contribution in [3.05, 3.63) is 35.6 Å². The summed E-state index contributed by atoms with van der Waals surface area (Å²) in [6, 6.07) is 7.09. The van der Waals surface area contributed by atoms with Gasteiger partial charge in [0.25, 0.3) is 0 Å². The molecule has 0 amide bonds. The van der Waals surface area contributed by atoms with Crippen LogP contribution in [0.25, 0.3) is 0 Å². The third-order valence-electron chi connectivity index (χ3n) is 3.79. The molecule has 1 aromatic carbocycles. The van der Waals surface area contributed by atoms with Gasteiger partial charge < -0.3 is 5.32 Å². The quantitative estimate of drug-likeness (QED) is 0.716. The first-order valence-electron chi connectivity index (χ1n) is 5.28. The van der Waals surface area contributed by atoms with Crippen LogP contribution in [0, 0.1) is 11.7 Å². The molecule has 0 spiro atoms. The molecule has 0 radical (unpaired) electrons. The Labute approximate surface area is 83.3 Å². The standard InChI is InChI=1S/C12H14FN/c13-11-3-1-9(2-4-11)12-5-6-14-8-10(12)7-12/h1-4,10,14H,5-8H2. The summed E-state index contributed by atoms with van der Waals surface area (Å²) >= 11 is 0. The number of benzene rings is 1. The molecule has 1 N–H and O–H groups in total. The number of piperidine rings is 1. The van der Waals surface area contributed by atoms with E-state index in [2.05, 4.69) is 5.32 Å². The van der Waals surface area contributed by atoms with E-state index in [9.17, 15) is 4.39 Å². The van der Waals surface area contributed by atoms with Crippen LogP contribution in [0.1, 0.15) is 18.4 Å². The van der Waals surface area contributed by atoms with E-state index < -0.39 is 0 Å². The number of nitrogens with one attached hydrogen (secondary N) is 1. The van der Waals surface area contributed by atoms with Gasteiger partial charge in [0.2, 0.25) is 0 Å². The lowest BCUT2D eigenvalue weighted by Crippen LogP contribution is -2.31. The van der Waals surface area contributed by atoms with Crippen molar-refractivity contribution in [2.24, 2.45) is 5.92 Å². The second-order valence-electron chi connectivity index (χ2n) is 4.52. The smallest absolute Gasteiger partial charge is 0.123 e. The van der Waals surface area contributed by atoms with Gasteiger partial charge in [-0.1, -0.05) is 12.1 Å². The maximum Gasteiger partial charge on any atom is 0.123 e. The average molecular weight is 191 g/mol. The van der Waals surface area contributed by atoms with Crippen LogP contribution >= 0.6 is 0 Å². The molecule has 0 bridgehead atoms. The first kappa shape index (κ1) is 8.42. The van der Waals surface area contributed by atoms with Crippen LogP contribution in [0.4, 0.5) is 4.39 Å². The van der Waals surface area contributed by atoms with Gasteiger partial charge in [-0.05, 0) is 49.5 Å². The second-order valence-corrected chi connectivity index (χ2v) is 4.52. The van der Waals surface area contributed by atoms with Crippen LogP contribution in [0.3, 0.4) is 0 Å². The van der Waals surface area contributed by atoms with Crippen LogP contribution in [-0.4, -0.2) is 13.1 Å². The number of hydrogen-bond donors (Lipinski definition) is 1. The van der Waals surface area contributed by atoms with E-state index in [0.717, 1.165) is 19.0 Å². The van der Waals surface area contributed by atoms with E-state index in [1.807, 2.05) is 12.1 Å². The molecule has 3 rings (SSSR count). The molecule has 2 fully saturated rings. The fraction of sp³-hybridized carbons (Fsp3) is 0.500. The molecule has 2 atom stereocenters. The molecule has 1 aromatic rings. The van der Waals surface area contributed by atoms with Gasteiger partial charge in [-0.2, -0.15) is 0 Å². The molecule has 1 heterocycles. The lowest BCUT2D eigenvalue weighted by molar-refractivity contribution is 0.445. The fourth-order valence-corrected chi connectivity index (χ4v) is 2.82. The molecule has 1 aliphatic heterocycles. The van der Waals surface area contributed by atoms with Crippen LogP contribution in [0.2, 0.25) is 0 Å². The third kappa shape index (κ3) is 1.10. The Hall–Kier alpha value is -0.890. The molecular formula is C12H14FN. The highest BCUT2D eigenvalue weighted by Crippen LogP contribution is 2.57. The van der Waals surface area contributed by atoms with Crippen LogP contribution in [0.5, 0.6) is 0 Å². The largest absolute Gasteiger partial charge is 0.316 e. The first-order valence-corrected chi connectivity index (χ1v) is 5.28. The van der Waals surface area contributed by atoms with Gasteiger partial charge >= 0.3 is 0 Å². The Morgan fingerprint density at radius 3 is 2.79 bits per heavy atom. The van der Waals surface area contributed by atoms with Crippen LogP contribution in [-0.2, 0) is 5.41 Å². The number of halogens is 1. The summed E-state index contributed by atoms with van der Waals surface area (Å²) in [5.41, 5.74) is 1.74. The van der Waals surface area contributed by atoms with E-state index in [1.54, 1.807) is 12.1 Å². The normalized spacial score (nSPS) is 35.1. The lowest BCUT2D eigenvalue weighted by Gasteiger charge is -2.23. The van der Waals surface area contributed by atoms with Crippen molar-refractivity contribution in [2.45, 2.75) is 18.3 Å². The Balaban J connectivity index is 1.92. The minimum absolute atomic E-state index is 0.128. The fourth-order valence-electron chi connectivity index (χ4n) is 2.82.